The van der Waals surface area contributed by atoms with E-state index >= 15 is 0 Å². The van der Waals surface area contributed by atoms with Gasteiger partial charge in [0.1, 0.15) is 12.4 Å². The van der Waals surface area contributed by atoms with Gasteiger partial charge in [-0.05, 0) is 37.3 Å². The van der Waals surface area contributed by atoms with Crippen LogP contribution in [0.1, 0.15) is 22.5 Å². The summed E-state index contributed by atoms with van der Waals surface area (Å²) in [4.78, 5) is 30.9. The highest BCUT2D eigenvalue weighted by atomic mass is 16.5. The molecule has 0 saturated carbocycles. The standard InChI is InChI=1S/C21H26N4O4/c1-14-4-6-16(12-23-14)24-20(26)11-17-13-29-19-7-5-15(10-18(19)25(17)2)21(27)22-8-9-28-3/h4-7,10,12,17H,8-9,11,13H2,1-3H3,(H,22,27)(H,24,26)/t17-/m0/s1. The van der Waals surface area contributed by atoms with Gasteiger partial charge in [-0.15, -0.1) is 0 Å². The molecular weight excluding hydrogens is 372 g/mol. The maximum Gasteiger partial charge on any atom is 0.251 e. The maximum atomic E-state index is 12.4. The molecule has 1 aromatic heterocycles. The number of carbonyl (C=O) groups is 2. The van der Waals surface area contributed by atoms with Gasteiger partial charge in [-0.25, -0.2) is 0 Å². The van der Waals surface area contributed by atoms with Gasteiger partial charge in [0.2, 0.25) is 5.91 Å². The van der Waals surface area contributed by atoms with Crippen LogP contribution in [0.15, 0.2) is 36.5 Å². The first-order chi connectivity index (χ1) is 14.0. The third-order valence-corrected chi connectivity index (χ3v) is 4.79. The van der Waals surface area contributed by atoms with Crippen LogP contribution in [0.25, 0.3) is 0 Å². The van der Waals surface area contributed by atoms with Crippen LogP contribution in [0.3, 0.4) is 0 Å². The molecule has 2 aromatic rings. The van der Waals surface area contributed by atoms with E-state index in [0.29, 0.717) is 36.8 Å². The molecule has 1 aromatic carbocycles. The first-order valence-corrected chi connectivity index (χ1v) is 9.47. The Labute approximate surface area is 170 Å². The fourth-order valence-electron chi connectivity index (χ4n) is 3.08. The molecule has 0 radical (unpaired) electrons. The number of benzene rings is 1. The Kier molecular flexibility index (Phi) is 6.66. The molecule has 2 N–H and O–H groups in total. The Hall–Kier alpha value is -3.13. The van der Waals surface area contributed by atoms with Crippen molar-refractivity contribution in [2.24, 2.45) is 0 Å². The zero-order chi connectivity index (χ0) is 20.8. The average molecular weight is 398 g/mol. The second kappa shape index (κ2) is 9.38. The molecule has 1 aliphatic rings. The summed E-state index contributed by atoms with van der Waals surface area (Å²) in [6, 6.07) is 8.82. The molecule has 0 unspecified atom stereocenters. The lowest BCUT2D eigenvalue weighted by Crippen LogP contribution is -2.42. The van der Waals surface area contributed by atoms with Crippen LogP contribution in [-0.4, -0.2) is 56.8 Å². The number of nitrogens with zero attached hydrogens (tertiary/aromatic N) is 2. The van der Waals surface area contributed by atoms with Crippen LogP contribution in [0, 0.1) is 6.92 Å². The van der Waals surface area contributed by atoms with Crippen molar-refractivity contribution in [1.29, 1.82) is 0 Å². The number of pyridine rings is 1. The number of likely N-dealkylation sites (N-methyl/N-ethyl adjacent to an activating group) is 1. The number of hydrogen-bond acceptors (Lipinski definition) is 6. The van der Waals surface area contributed by atoms with Crippen molar-refractivity contribution in [2.75, 3.05) is 44.1 Å². The van der Waals surface area contributed by atoms with E-state index < -0.39 is 0 Å². The van der Waals surface area contributed by atoms with Gasteiger partial charge >= 0.3 is 0 Å². The van der Waals surface area contributed by atoms with E-state index in [-0.39, 0.29) is 24.3 Å². The molecule has 0 bridgehead atoms. The van der Waals surface area contributed by atoms with Crippen molar-refractivity contribution < 1.29 is 19.1 Å². The second-order valence-electron chi connectivity index (χ2n) is 6.95. The molecule has 3 rings (SSSR count). The molecule has 0 aliphatic carbocycles. The number of amides is 2. The minimum atomic E-state index is -0.176. The molecule has 0 fully saturated rings. The van der Waals surface area contributed by atoms with Gasteiger partial charge in [-0.1, -0.05) is 0 Å². The predicted octanol–water partition coefficient (Wildman–Crippen LogP) is 1.99. The Balaban J connectivity index is 1.64. The van der Waals surface area contributed by atoms with E-state index in [1.54, 1.807) is 31.5 Å². The summed E-state index contributed by atoms with van der Waals surface area (Å²) >= 11 is 0. The minimum Gasteiger partial charge on any atom is -0.489 e. The summed E-state index contributed by atoms with van der Waals surface area (Å²) in [5, 5.41) is 5.66. The van der Waals surface area contributed by atoms with Crippen molar-refractivity contribution in [1.82, 2.24) is 10.3 Å². The minimum absolute atomic E-state index is 0.118. The lowest BCUT2D eigenvalue weighted by atomic mass is 10.1. The van der Waals surface area contributed by atoms with Gasteiger partial charge in [0.05, 0.1) is 36.6 Å². The smallest absolute Gasteiger partial charge is 0.251 e. The number of aromatic nitrogens is 1. The molecule has 2 heterocycles. The number of ether oxygens (including phenoxy) is 2. The van der Waals surface area contributed by atoms with Gasteiger partial charge in [0, 0.05) is 32.0 Å². The number of rotatable bonds is 7. The molecule has 8 nitrogen and oxygen atoms in total. The first-order valence-electron chi connectivity index (χ1n) is 9.47. The fourth-order valence-corrected chi connectivity index (χ4v) is 3.08. The van der Waals surface area contributed by atoms with E-state index in [1.165, 1.54) is 0 Å². The Morgan fingerprint density at radius 3 is 2.86 bits per heavy atom. The number of methoxy groups -OCH3 is 1. The monoisotopic (exact) mass is 398 g/mol. The molecule has 0 spiro atoms. The van der Waals surface area contributed by atoms with Gasteiger partial charge in [-0.3, -0.25) is 14.6 Å². The summed E-state index contributed by atoms with van der Waals surface area (Å²) in [6.07, 6.45) is 1.90. The quantitative estimate of drug-likeness (QED) is 0.693. The Morgan fingerprint density at radius 1 is 1.31 bits per heavy atom. The third-order valence-electron chi connectivity index (χ3n) is 4.79. The summed E-state index contributed by atoms with van der Waals surface area (Å²) in [5.74, 6) is 0.401. The molecule has 0 saturated heterocycles. The van der Waals surface area contributed by atoms with Crippen LogP contribution in [0.2, 0.25) is 0 Å². The molecule has 1 atom stereocenters. The van der Waals surface area contributed by atoms with Crippen molar-refractivity contribution >= 4 is 23.2 Å². The highest BCUT2D eigenvalue weighted by molar-refractivity contribution is 5.96. The first kappa shape index (κ1) is 20.6. The van der Waals surface area contributed by atoms with E-state index in [2.05, 4.69) is 15.6 Å². The van der Waals surface area contributed by atoms with Crippen molar-refractivity contribution in [3.8, 4) is 5.75 Å². The highest BCUT2D eigenvalue weighted by Gasteiger charge is 2.27. The second-order valence-corrected chi connectivity index (χ2v) is 6.95. The predicted molar refractivity (Wildman–Crippen MR) is 111 cm³/mol. The van der Waals surface area contributed by atoms with Gasteiger partial charge < -0.3 is 25.0 Å². The number of hydrogen-bond donors (Lipinski definition) is 2. The highest BCUT2D eigenvalue weighted by Crippen LogP contribution is 2.34. The topological polar surface area (TPSA) is 92.8 Å². The summed E-state index contributed by atoms with van der Waals surface area (Å²) in [6.45, 7) is 3.18. The van der Waals surface area contributed by atoms with Gasteiger partial charge in [0.25, 0.3) is 5.91 Å². The number of anilines is 2. The normalized spacial score (nSPS) is 15.3. The van der Waals surface area contributed by atoms with Gasteiger partial charge in [0.15, 0.2) is 0 Å². The van der Waals surface area contributed by atoms with Crippen LogP contribution >= 0.6 is 0 Å². The summed E-state index contributed by atoms with van der Waals surface area (Å²) in [7, 11) is 3.49. The molecule has 8 heteroatoms. The van der Waals surface area contributed by atoms with E-state index in [4.69, 9.17) is 9.47 Å². The van der Waals surface area contributed by atoms with Crippen LogP contribution in [0.4, 0.5) is 11.4 Å². The third kappa shape index (κ3) is 5.23. The fraction of sp³-hybridized carbons (Fsp3) is 0.381. The molecular formula is C21H26N4O4. The molecule has 154 valence electrons. The number of nitrogens with one attached hydrogen (secondary N) is 2. The summed E-state index contributed by atoms with van der Waals surface area (Å²) < 4.78 is 10.8. The van der Waals surface area contributed by atoms with Crippen molar-refractivity contribution in [2.45, 2.75) is 19.4 Å². The molecule has 1 aliphatic heterocycles. The van der Waals surface area contributed by atoms with E-state index in [9.17, 15) is 9.59 Å². The van der Waals surface area contributed by atoms with E-state index in [0.717, 1.165) is 11.4 Å². The summed E-state index contributed by atoms with van der Waals surface area (Å²) in [5.41, 5.74) is 2.87. The van der Waals surface area contributed by atoms with Crippen molar-refractivity contribution in [3.05, 3.63) is 47.8 Å². The number of aryl methyl sites for hydroxylation is 1. The zero-order valence-electron chi connectivity index (χ0n) is 16.9. The van der Waals surface area contributed by atoms with E-state index in [1.807, 2.05) is 31.0 Å². The largest absolute Gasteiger partial charge is 0.489 e. The van der Waals surface area contributed by atoms with Crippen molar-refractivity contribution in [3.63, 3.8) is 0 Å². The SMILES string of the molecule is COCCNC(=O)c1ccc2c(c1)N(C)[C@@H](CC(=O)Nc1ccc(C)nc1)CO2. The van der Waals surface area contributed by atoms with Crippen LogP contribution in [-0.2, 0) is 9.53 Å². The van der Waals surface area contributed by atoms with Crippen LogP contribution < -0.4 is 20.3 Å². The maximum absolute atomic E-state index is 12.4. The Bertz CT molecular complexity index is 869. The van der Waals surface area contributed by atoms with Crippen LogP contribution in [0.5, 0.6) is 5.75 Å². The van der Waals surface area contributed by atoms with Gasteiger partial charge in [-0.2, -0.15) is 0 Å². The zero-order valence-corrected chi connectivity index (χ0v) is 16.9. The lowest BCUT2D eigenvalue weighted by molar-refractivity contribution is -0.116. The lowest BCUT2D eigenvalue weighted by Gasteiger charge is -2.35. The molecule has 2 amide bonds. The average Bonchev–Trinajstić information content (AvgIpc) is 2.72. The molecule has 29 heavy (non-hydrogen) atoms. The number of fused-ring (bicyclic) bond motifs is 1. The Morgan fingerprint density at radius 2 is 2.14 bits per heavy atom. The number of carbonyl (C=O) groups excluding carboxylic acids is 2.